The summed E-state index contributed by atoms with van der Waals surface area (Å²) in [6, 6.07) is 11.0. The summed E-state index contributed by atoms with van der Waals surface area (Å²) < 4.78 is -0.750. The van der Waals surface area contributed by atoms with Gasteiger partial charge in [0, 0.05) is 6.04 Å². The zero-order valence-electron chi connectivity index (χ0n) is 9.12. The fourth-order valence-corrected chi connectivity index (χ4v) is 1.03. The van der Waals surface area contributed by atoms with E-state index >= 15 is 0 Å². The van der Waals surface area contributed by atoms with E-state index < -0.39 is 4.30 Å². The summed E-state index contributed by atoms with van der Waals surface area (Å²) in [5, 5.41) is 0. The fourth-order valence-electron chi connectivity index (χ4n) is 1.03. The number of hydrogen-bond donors (Lipinski definition) is 0. The average molecular weight is 269 g/mol. The largest absolute Gasteiger partial charge is 0.303 e. The first-order chi connectivity index (χ1) is 6.95. The van der Waals surface area contributed by atoms with E-state index in [0.717, 1.165) is 0 Å². The molecule has 0 spiro atoms. The van der Waals surface area contributed by atoms with Crippen LogP contribution in [-0.4, -0.2) is 23.3 Å². The second kappa shape index (κ2) is 8.23. The minimum absolute atomic E-state index is 0.510. The Balaban J connectivity index is 0.000000423. The maximum atomic E-state index is 4.81. The standard InChI is InChI=1S/C10H15N.CHCl3/c1-9(11(2)3)10-7-5-4-6-8-10;2-1(3)4/h4-9H,1-3H3;1H. The number of benzene rings is 1. The third-order valence-electron chi connectivity index (χ3n) is 2.06. The van der Waals surface area contributed by atoms with Gasteiger partial charge in [-0.05, 0) is 26.6 Å². The van der Waals surface area contributed by atoms with Crippen molar-refractivity contribution >= 4 is 34.8 Å². The predicted molar refractivity (Wildman–Crippen MR) is 69.9 cm³/mol. The summed E-state index contributed by atoms with van der Waals surface area (Å²) in [6.07, 6.45) is 0. The third-order valence-corrected chi connectivity index (χ3v) is 2.06. The molecule has 15 heavy (non-hydrogen) atoms. The number of halogens is 3. The predicted octanol–water partition coefficient (Wildman–Crippen LogP) is 4.30. The van der Waals surface area contributed by atoms with E-state index in [9.17, 15) is 0 Å². The molecule has 1 atom stereocenters. The van der Waals surface area contributed by atoms with Gasteiger partial charge in [-0.3, -0.25) is 0 Å². The van der Waals surface area contributed by atoms with E-state index in [2.05, 4.69) is 50.2 Å². The van der Waals surface area contributed by atoms with Crippen LogP contribution >= 0.6 is 34.8 Å². The van der Waals surface area contributed by atoms with E-state index in [0.29, 0.717) is 6.04 Å². The second-order valence-corrected chi connectivity index (χ2v) is 5.28. The van der Waals surface area contributed by atoms with Crippen LogP contribution in [-0.2, 0) is 0 Å². The average Bonchev–Trinajstić information content (AvgIpc) is 2.17. The first kappa shape index (κ1) is 15.0. The molecule has 1 aromatic carbocycles. The normalized spacial score (nSPS) is 12.3. The summed E-state index contributed by atoms with van der Waals surface area (Å²) in [7, 11) is 4.19. The van der Waals surface area contributed by atoms with Crippen LogP contribution in [0.25, 0.3) is 0 Å². The summed E-state index contributed by atoms with van der Waals surface area (Å²) >= 11 is 14.4. The molecule has 0 aromatic heterocycles. The summed E-state index contributed by atoms with van der Waals surface area (Å²) in [5.41, 5.74) is 1.37. The molecule has 0 fully saturated rings. The van der Waals surface area contributed by atoms with E-state index in [-0.39, 0.29) is 0 Å². The SMILES string of the molecule is CC(c1ccccc1)N(C)C.ClC(Cl)Cl. The van der Waals surface area contributed by atoms with Crippen LogP contribution in [0.4, 0.5) is 0 Å². The van der Waals surface area contributed by atoms with Crippen LogP contribution in [0.15, 0.2) is 30.3 Å². The number of nitrogens with zero attached hydrogens (tertiary/aromatic N) is 1. The van der Waals surface area contributed by atoms with E-state index in [4.69, 9.17) is 34.8 Å². The Morgan fingerprint density at radius 2 is 1.40 bits per heavy atom. The van der Waals surface area contributed by atoms with Crippen LogP contribution < -0.4 is 0 Å². The highest BCUT2D eigenvalue weighted by atomic mass is 35.6. The summed E-state index contributed by atoms with van der Waals surface area (Å²) in [6.45, 7) is 2.20. The molecule has 0 N–H and O–H groups in total. The number of hydrogen-bond acceptors (Lipinski definition) is 1. The lowest BCUT2D eigenvalue weighted by atomic mass is 10.1. The van der Waals surface area contributed by atoms with Crippen LogP contribution in [0.1, 0.15) is 18.5 Å². The lowest BCUT2D eigenvalue weighted by molar-refractivity contribution is 0.321. The zero-order valence-corrected chi connectivity index (χ0v) is 11.4. The van der Waals surface area contributed by atoms with Gasteiger partial charge in [0.1, 0.15) is 0 Å². The lowest BCUT2D eigenvalue weighted by Crippen LogP contribution is -2.16. The van der Waals surface area contributed by atoms with Gasteiger partial charge in [-0.1, -0.05) is 65.1 Å². The van der Waals surface area contributed by atoms with Gasteiger partial charge in [0.15, 0.2) is 4.30 Å². The molecule has 0 heterocycles. The molecule has 0 aliphatic heterocycles. The Labute approximate surface area is 107 Å². The fraction of sp³-hybridized carbons (Fsp3) is 0.455. The van der Waals surface area contributed by atoms with Crippen molar-refractivity contribution in [3.05, 3.63) is 35.9 Å². The van der Waals surface area contributed by atoms with E-state index in [1.165, 1.54) is 5.56 Å². The third kappa shape index (κ3) is 7.92. The Kier molecular flexibility index (Phi) is 8.26. The van der Waals surface area contributed by atoms with Gasteiger partial charge in [-0.15, -0.1) is 0 Å². The van der Waals surface area contributed by atoms with Gasteiger partial charge >= 0.3 is 0 Å². The monoisotopic (exact) mass is 267 g/mol. The van der Waals surface area contributed by atoms with Crippen molar-refractivity contribution in [1.29, 1.82) is 0 Å². The molecular weight excluding hydrogens is 252 g/mol. The van der Waals surface area contributed by atoms with E-state index in [1.807, 2.05) is 6.07 Å². The van der Waals surface area contributed by atoms with Gasteiger partial charge in [-0.2, -0.15) is 0 Å². The van der Waals surface area contributed by atoms with Crippen molar-refractivity contribution in [1.82, 2.24) is 4.90 Å². The molecule has 0 saturated heterocycles. The minimum atomic E-state index is -0.750. The lowest BCUT2D eigenvalue weighted by Gasteiger charge is -2.19. The van der Waals surface area contributed by atoms with Gasteiger partial charge in [0.2, 0.25) is 0 Å². The highest BCUT2D eigenvalue weighted by Crippen LogP contribution is 2.15. The number of rotatable bonds is 2. The summed E-state index contributed by atoms with van der Waals surface area (Å²) in [4.78, 5) is 2.20. The second-order valence-electron chi connectivity index (χ2n) is 3.30. The molecule has 1 unspecified atom stereocenters. The maximum Gasteiger partial charge on any atom is 0.180 e. The highest BCUT2D eigenvalue weighted by Gasteiger charge is 2.04. The molecule has 4 heteroatoms. The van der Waals surface area contributed by atoms with Crippen LogP contribution in [0, 0.1) is 0 Å². The van der Waals surface area contributed by atoms with Crippen molar-refractivity contribution in [2.75, 3.05) is 14.1 Å². The quantitative estimate of drug-likeness (QED) is 0.723. The highest BCUT2D eigenvalue weighted by molar-refractivity contribution is 6.63. The zero-order chi connectivity index (χ0) is 11.8. The smallest absolute Gasteiger partial charge is 0.180 e. The molecular formula is C11H16Cl3N. The first-order valence-electron chi connectivity index (χ1n) is 4.58. The summed E-state index contributed by atoms with van der Waals surface area (Å²) in [5.74, 6) is 0. The minimum Gasteiger partial charge on any atom is -0.303 e. The van der Waals surface area contributed by atoms with Gasteiger partial charge < -0.3 is 4.90 Å². The van der Waals surface area contributed by atoms with Crippen molar-refractivity contribution in [3.63, 3.8) is 0 Å². The molecule has 0 bridgehead atoms. The number of alkyl halides is 3. The molecule has 1 nitrogen and oxygen atoms in total. The van der Waals surface area contributed by atoms with Gasteiger partial charge in [-0.25, -0.2) is 0 Å². The van der Waals surface area contributed by atoms with Crippen molar-refractivity contribution < 1.29 is 0 Å². The molecule has 1 aromatic rings. The van der Waals surface area contributed by atoms with Crippen molar-refractivity contribution in [2.24, 2.45) is 0 Å². The molecule has 0 saturated carbocycles. The van der Waals surface area contributed by atoms with Crippen LogP contribution in [0.3, 0.4) is 0 Å². The maximum absolute atomic E-state index is 4.81. The molecule has 86 valence electrons. The van der Waals surface area contributed by atoms with Crippen molar-refractivity contribution in [2.45, 2.75) is 17.3 Å². The van der Waals surface area contributed by atoms with Crippen LogP contribution in [0.5, 0.6) is 0 Å². The molecule has 0 aliphatic carbocycles. The molecule has 0 radical (unpaired) electrons. The Bertz CT molecular complexity index is 247. The molecule has 0 amide bonds. The van der Waals surface area contributed by atoms with E-state index in [1.54, 1.807) is 0 Å². The Morgan fingerprint density at radius 3 is 1.73 bits per heavy atom. The van der Waals surface area contributed by atoms with Crippen LogP contribution in [0.2, 0.25) is 0 Å². The molecule has 1 rings (SSSR count). The van der Waals surface area contributed by atoms with Gasteiger partial charge in [0.05, 0.1) is 0 Å². The Morgan fingerprint density at radius 1 is 1.00 bits per heavy atom. The first-order valence-corrected chi connectivity index (χ1v) is 5.89. The molecule has 0 aliphatic rings. The van der Waals surface area contributed by atoms with Gasteiger partial charge in [0.25, 0.3) is 0 Å². The van der Waals surface area contributed by atoms with Crippen molar-refractivity contribution in [3.8, 4) is 0 Å². The topological polar surface area (TPSA) is 3.24 Å². The Hall–Kier alpha value is 0.0500.